The molecule has 0 radical (unpaired) electrons. The van der Waals surface area contributed by atoms with E-state index in [1.54, 1.807) is 0 Å². The molecule has 0 aromatic heterocycles. The molecular formula is C14H24N2O. The Hall–Kier alpha value is -0.900. The fourth-order valence-corrected chi connectivity index (χ4v) is 1.97. The third-order valence-corrected chi connectivity index (χ3v) is 2.93. The molecule has 0 amide bonds. The van der Waals surface area contributed by atoms with E-state index in [1.807, 2.05) is 6.07 Å². The average molecular weight is 236 g/mol. The van der Waals surface area contributed by atoms with Gasteiger partial charge in [-0.3, -0.25) is 0 Å². The summed E-state index contributed by atoms with van der Waals surface area (Å²) in [5.74, 6) is 0. The van der Waals surface area contributed by atoms with Crippen LogP contribution in [0.1, 0.15) is 44.2 Å². The Morgan fingerprint density at radius 1 is 1.12 bits per heavy atom. The molecule has 1 rings (SSSR count). The largest absolute Gasteiger partial charge is 0.317 e. The van der Waals surface area contributed by atoms with Crippen LogP contribution < -0.4 is 10.8 Å². The number of nitrogens with one attached hydrogen (secondary N) is 2. The van der Waals surface area contributed by atoms with Crippen LogP contribution in [0.5, 0.6) is 0 Å². The fraction of sp³-hybridized carbons (Fsp3) is 0.571. The summed E-state index contributed by atoms with van der Waals surface area (Å²) in [6.45, 7) is 3.58. The highest BCUT2D eigenvalue weighted by Gasteiger charge is 2.09. The summed E-state index contributed by atoms with van der Waals surface area (Å²) in [5, 5.41) is 12.0. The highest BCUT2D eigenvalue weighted by atomic mass is 16.5. The molecule has 0 aliphatic heterocycles. The Morgan fingerprint density at radius 2 is 1.88 bits per heavy atom. The van der Waals surface area contributed by atoms with Gasteiger partial charge in [0, 0.05) is 19.1 Å². The topological polar surface area (TPSA) is 44.3 Å². The number of rotatable bonds is 9. The van der Waals surface area contributed by atoms with Gasteiger partial charge in [-0.2, -0.15) is 0 Å². The molecule has 17 heavy (non-hydrogen) atoms. The van der Waals surface area contributed by atoms with Gasteiger partial charge in [-0.25, -0.2) is 5.48 Å². The minimum absolute atomic E-state index is 0.399. The normalized spacial score (nSPS) is 12.6. The van der Waals surface area contributed by atoms with Gasteiger partial charge in [-0.1, -0.05) is 56.5 Å². The van der Waals surface area contributed by atoms with Gasteiger partial charge in [0.2, 0.25) is 0 Å². The van der Waals surface area contributed by atoms with Crippen LogP contribution in [0.3, 0.4) is 0 Å². The lowest BCUT2D eigenvalue weighted by atomic mass is 10.0. The molecule has 0 aliphatic carbocycles. The van der Waals surface area contributed by atoms with E-state index in [1.165, 1.54) is 24.8 Å². The van der Waals surface area contributed by atoms with Crippen molar-refractivity contribution in [3.8, 4) is 0 Å². The van der Waals surface area contributed by atoms with E-state index in [0.29, 0.717) is 12.6 Å². The molecule has 3 N–H and O–H groups in total. The Kier molecular flexibility index (Phi) is 7.63. The summed E-state index contributed by atoms with van der Waals surface area (Å²) < 4.78 is 0. The van der Waals surface area contributed by atoms with E-state index >= 15 is 0 Å². The number of hydroxylamine groups is 1. The van der Waals surface area contributed by atoms with Crippen LogP contribution >= 0.6 is 0 Å². The maximum Gasteiger partial charge on any atom is 0.0332 e. The Bertz CT molecular complexity index is 267. The molecule has 3 heteroatoms. The van der Waals surface area contributed by atoms with Crippen molar-refractivity contribution in [3.63, 3.8) is 0 Å². The van der Waals surface area contributed by atoms with Crippen LogP contribution in [-0.4, -0.2) is 18.3 Å². The van der Waals surface area contributed by atoms with Crippen molar-refractivity contribution in [1.82, 2.24) is 10.8 Å². The Labute approximate surface area is 104 Å². The Balaban J connectivity index is 2.46. The second kappa shape index (κ2) is 9.16. The zero-order valence-electron chi connectivity index (χ0n) is 10.7. The average Bonchev–Trinajstić information content (AvgIpc) is 2.38. The van der Waals surface area contributed by atoms with Crippen LogP contribution in [0.4, 0.5) is 0 Å². The van der Waals surface area contributed by atoms with E-state index in [0.717, 1.165) is 13.0 Å². The molecule has 0 fully saturated rings. The van der Waals surface area contributed by atoms with Crippen molar-refractivity contribution < 1.29 is 5.21 Å². The Morgan fingerprint density at radius 3 is 2.53 bits per heavy atom. The van der Waals surface area contributed by atoms with Gasteiger partial charge in [-0.15, -0.1) is 0 Å². The molecule has 1 atom stereocenters. The van der Waals surface area contributed by atoms with E-state index < -0.39 is 0 Å². The molecule has 0 bridgehead atoms. The first kappa shape index (κ1) is 14.2. The van der Waals surface area contributed by atoms with Crippen molar-refractivity contribution in [1.29, 1.82) is 0 Å². The van der Waals surface area contributed by atoms with E-state index in [2.05, 4.69) is 42.0 Å². The van der Waals surface area contributed by atoms with Crippen LogP contribution in [0.2, 0.25) is 0 Å². The fourth-order valence-electron chi connectivity index (χ4n) is 1.97. The summed E-state index contributed by atoms with van der Waals surface area (Å²) in [4.78, 5) is 0. The van der Waals surface area contributed by atoms with Crippen molar-refractivity contribution in [2.24, 2.45) is 0 Å². The first-order valence-corrected chi connectivity index (χ1v) is 6.53. The van der Waals surface area contributed by atoms with Crippen molar-refractivity contribution >= 4 is 0 Å². The van der Waals surface area contributed by atoms with Gasteiger partial charge in [0.25, 0.3) is 0 Å². The summed E-state index contributed by atoms with van der Waals surface area (Å²) in [6, 6.07) is 10.9. The molecule has 0 saturated carbocycles. The highest BCUT2D eigenvalue weighted by Crippen LogP contribution is 2.19. The molecule has 1 aromatic rings. The van der Waals surface area contributed by atoms with Gasteiger partial charge in [0.05, 0.1) is 0 Å². The molecule has 0 heterocycles. The third kappa shape index (κ3) is 5.82. The van der Waals surface area contributed by atoms with Crippen LogP contribution in [-0.2, 0) is 0 Å². The summed E-state index contributed by atoms with van der Waals surface area (Å²) in [5.41, 5.74) is 3.51. The lowest BCUT2D eigenvalue weighted by Crippen LogP contribution is -2.29. The quantitative estimate of drug-likeness (QED) is 0.456. The first-order chi connectivity index (χ1) is 8.38. The number of benzene rings is 1. The van der Waals surface area contributed by atoms with E-state index in [4.69, 9.17) is 5.21 Å². The van der Waals surface area contributed by atoms with Crippen molar-refractivity contribution in [2.75, 3.05) is 13.1 Å². The van der Waals surface area contributed by atoms with E-state index in [9.17, 15) is 0 Å². The van der Waals surface area contributed by atoms with Gasteiger partial charge in [0.15, 0.2) is 0 Å². The zero-order valence-corrected chi connectivity index (χ0v) is 10.7. The number of hydrogen-bond acceptors (Lipinski definition) is 3. The van der Waals surface area contributed by atoms with Crippen LogP contribution in [0.15, 0.2) is 30.3 Å². The molecule has 0 spiro atoms. The smallest absolute Gasteiger partial charge is 0.0332 e. The van der Waals surface area contributed by atoms with Crippen molar-refractivity contribution in [3.05, 3.63) is 35.9 Å². The standard InChI is InChI=1S/C14H24N2O/c1-2-3-5-10-14(15-11-12-16-17)13-8-6-4-7-9-13/h4,6-9,14-17H,2-3,5,10-12H2,1H3. The maximum atomic E-state index is 8.57. The van der Waals surface area contributed by atoms with E-state index in [-0.39, 0.29) is 0 Å². The molecule has 96 valence electrons. The van der Waals surface area contributed by atoms with Gasteiger partial charge < -0.3 is 10.5 Å². The zero-order chi connectivity index (χ0) is 12.3. The third-order valence-electron chi connectivity index (χ3n) is 2.93. The van der Waals surface area contributed by atoms with Crippen molar-refractivity contribution in [2.45, 2.75) is 38.6 Å². The molecule has 1 aromatic carbocycles. The predicted molar refractivity (Wildman–Crippen MR) is 71.1 cm³/mol. The van der Waals surface area contributed by atoms with Gasteiger partial charge >= 0.3 is 0 Å². The summed E-state index contributed by atoms with van der Waals surface area (Å²) >= 11 is 0. The SMILES string of the molecule is CCCCCC(NCCNO)c1ccccc1. The monoisotopic (exact) mass is 236 g/mol. The molecule has 0 saturated heterocycles. The second-order valence-electron chi connectivity index (χ2n) is 4.32. The number of hydrogen-bond donors (Lipinski definition) is 3. The van der Waals surface area contributed by atoms with Crippen LogP contribution in [0, 0.1) is 0 Å². The number of unbranched alkanes of at least 4 members (excludes halogenated alkanes) is 2. The molecule has 0 aliphatic rings. The minimum atomic E-state index is 0.399. The molecular weight excluding hydrogens is 212 g/mol. The molecule has 1 unspecified atom stereocenters. The highest BCUT2D eigenvalue weighted by molar-refractivity contribution is 5.18. The first-order valence-electron chi connectivity index (χ1n) is 6.53. The van der Waals surface area contributed by atoms with Gasteiger partial charge in [-0.05, 0) is 12.0 Å². The summed E-state index contributed by atoms with van der Waals surface area (Å²) in [7, 11) is 0. The molecule has 3 nitrogen and oxygen atoms in total. The second-order valence-corrected chi connectivity index (χ2v) is 4.32. The lowest BCUT2D eigenvalue weighted by Gasteiger charge is -2.19. The lowest BCUT2D eigenvalue weighted by molar-refractivity contribution is 0.166. The predicted octanol–water partition coefficient (Wildman–Crippen LogP) is 2.88. The minimum Gasteiger partial charge on any atom is -0.317 e. The van der Waals surface area contributed by atoms with Crippen LogP contribution in [0.25, 0.3) is 0 Å². The maximum absolute atomic E-state index is 8.57. The summed E-state index contributed by atoms with van der Waals surface area (Å²) in [6.07, 6.45) is 4.93. The van der Waals surface area contributed by atoms with Gasteiger partial charge in [0.1, 0.15) is 0 Å².